The zero-order valence-corrected chi connectivity index (χ0v) is 12.6. The van der Waals surface area contributed by atoms with E-state index in [9.17, 15) is 4.79 Å². The summed E-state index contributed by atoms with van der Waals surface area (Å²) >= 11 is 0. The summed E-state index contributed by atoms with van der Waals surface area (Å²) in [6.45, 7) is 7.25. The molecule has 110 valence electrons. The van der Waals surface area contributed by atoms with Gasteiger partial charge in [-0.05, 0) is 32.1 Å². The summed E-state index contributed by atoms with van der Waals surface area (Å²) in [6.07, 6.45) is 3.71. The van der Waals surface area contributed by atoms with Crippen LogP contribution in [0.2, 0.25) is 0 Å². The maximum Gasteiger partial charge on any atom is 0.220 e. The van der Waals surface area contributed by atoms with Crippen LogP contribution in [0, 0.1) is 5.92 Å². The van der Waals surface area contributed by atoms with Crippen LogP contribution >= 0.6 is 0 Å². The van der Waals surface area contributed by atoms with Crippen LogP contribution in [-0.2, 0) is 4.79 Å². The average molecular weight is 268 g/mol. The van der Waals surface area contributed by atoms with Gasteiger partial charge >= 0.3 is 0 Å². The largest absolute Gasteiger partial charge is 0.356 e. The lowest BCUT2D eigenvalue weighted by Crippen LogP contribution is -2.44. The first-order chi connectivity index (χ1) is 9.02. The molecule has 1 unspecified atom stereocenters. The van der Waals surface area contributed by atoms with Crippen LogP contribution in [0.5, 0.6) is 0 Å². The maximum absolute atomic E-state index is 11.5. The predicted molar refractivity (Wildman–Crippen MR) is 79.2 cm³/mol. The van der Waals surface area contributed by atoms with Gasteiger partial charge in [-0.25, -0.2) is 0 Å². The molecule has 0 radical (unpaired) electrons. The zero-order valence-electron chi connectivity index (χ0n) is 12.6. The van der Waals surface area contributed by atoms with Gasteiger partial charge in [-0.3, -0.25) is 9.79 Å². The van der Waals surface area contributed by atoms with Gasteiger partial charge in [0.15, 0.2) is 5.96 Å². The summed E-state index contributed by atoms with van der Waals surface area (Å²) in [5.41, 5.74) is 0. The van der Waals surface area contributed by atoms with E-state index in [0.29, 0.717) is 24.4 Å². The summed E-state index contributed by atoms with van der Waals surface area (Å²) in [5, 5.41) is 9.56. The quantitative estimate of drug-likeness (QED) is 0.370. The van der Waals surface area contributed by atoms with Crippen molar-refractivity contribution in [1.29, 1.82) is 0 Å². The molecule has 5 heteroatoms. The summed E-state index contributed by atoms with van der Waals surface area (Å²) in [7, 11) is 1.77. The molecule has 0 saturated heterocycles. The number of rotatable bonds is 7. The normalized spacial score (nSPS) is 17.2. The van der Waals surface area contributed by atoms with Crippen LogP contribution in [-0.4, -0.2) is 37.5 Å². The monoisotopic (exact) mass is 268 g/mol. The molecule has 0 aromatic heterocycles. The highest BCUT2D eigenvalue weighted by Gasteiger charge is 2.22. The minimum Gasteiger partial charge on any atom is -0.356 e. The van der Waals surface area contributed by atoms with Gasteiger partial charge in [0.25, 0.3) is 0 Å². The third-order valence-electron chi connectivity index (χ3n) is 3.40. The highest BCUT2D eigenvalue weighted by Crippen LogP contribution is 2.18. The summed E-state index contributed by atoms with van der Waals surface area (Å²) < 4.78 is 0. The van der Waals surface area contributed by atoms with Crippen molar-refractivity contribution in [3.63, 3.8) is 0 Å². The van der Waals surface area contributed by atoms with E-state index in [-0.39, 0.29) is 5.91 Å². The number of hydrogen-bond donors (Lipinski definition) is 3. The third-order valence-corrected chi connectivity index (χ3v) is 3.40. The van der Waals surface area contributed by atoms with Crippen LogP contribution in [0.4, 0.5) is 0 Å². The minimum atomic E-state index is 0.169. The minimum absolute atomic E-state index is 0.169. The Bertz CT molecular complexity index is 311. The second-order valence-electron chi connectivity index (χ2n) is 5.62. The second kappa shape index (κ2) is 8.02. The van der Waals surface area contributed by atoms with E-state index in [0.717, 1.165) is 31.8 Å². The molecule has 1 amide bonds. The highest BCUT2D eigenvalue weighted by atomic mass is 16.1. The SMILES string of the molecule is CN=C(NCCCC(=O)NC1CC1)NC(C)C(C)C. The third kappa shape index (κ3) is 7.03. The van der Waals surface area contributed by atoms with Gasteiger partial charge in [0, 0.05) is 32.1 Å². The fourth-order valence-corrected chi connectivity index (χ4v) is 1.56. The van der Waals surface area contributed by atoms with Crippen molar-refractivity contribution in [3.05, 3.63) is 0 Å². The molecular formula is C14H28N4O. The van der Waals surface area contributed by atoms with Crippen LogP contribution in [0.3, 0.4) is 0 Å². The van der Waals surface area contributed by atoms with E-state index < -0.39 is 0 Å². The Morgan fingerprint density at radius 1 is 1.32 bits per heavy atom. The molecule has 5 nitrogen and oxygen atoms in total. The van der Waals surface area contributed by atoms with Gasteiger partial charge in [0.05, 0.1) is 0 Å². The first-order valence-corrected chi connectivity index (χ1v) is 7.29. The van der Waals surface area contributed by atoms with E-state index in [1.807, 2.05) is 0 Å². The maximum atomic E-state index is 11.5. The second-order valence-corrected chi connectivity index (χ2v) is 5.62. The Morgan fingerprint density at radius 2 is 2.00 bits per heavy atom. The van der Waals surface area contributed by atoms with Crippen molar-refractivity contribution >= 4 is 11.9 Å². The van der Waals surface area contributed by atoms with Crippen molar-refractivity contribution in [2.24, 2.45) is 10.9 Å². The number of carbonyl (C=O) groups excluding carboxylic acids is 1. The van der Waals surface area contributed by atoms with E-state index in [1.165, 1.54) is 0 Å². The molecule has 1 aliphatic carbocycles. The molecule has 3 N–H and O–H groups in total. The van der Waals surface area contributed by atoms with Gasteiger partial charge in [-0.1, -0.05) is 13.8 Å². The Labute approximate surface area is 116 Å². The number of aliphatic imine (C=N–C) groups is 1. The summed E-state index contributed by atoms with van der Waals surface area (Å²) in [5.74, 6) is 1.54. The molecule has 0 heterocycles. The number of carbonyl (C=O) groups is 1. The van der Waals surface area contributed by atoms with Crippen LogP contribution in [0.25, 0.3) is 0 Å². The molecule has 19 heavy (non-hydrogen) atoms. The smallest absolute Gasteiger partial charge is 0.220 e. The zero-order chi connectivity index (χ0) is 14.3. The van der Waals surface area contributed by atoms with Gasteiger partial charge in [-0.15, -0.1) is 0 Å². The molecular weight excluding hydrogens is 240 g/mol. The van der Waals surface area contributed by atoms with Crippen molar-refractivity contribution in [2.75, 3.05) is 13.6 Å². The molecule has 0 aliphatic heterocycles. The van der Waals surface area contributed by atoms with E-state index in [2.05, 4.69) is 41.7 Å². The Balaban J connectivity index is 2.10. The summed E-state index contributed by atoms with van der Waals surface area (Å²) in [6, 6.07) is 0.839. The standard InChI is InChI=1S/C14H28N4O/c1-10(2)11(3)17-14(15-4)16-9-5-6-13(19)18-12-7-8-12/h10-12H,5-9H2,1-4H3,(H,18,19)(H2,15,16,17). The van der Waals surface area contributed by atoms with Crippen molar-refractivity contribution in [2.45, 2.75) is 58.5 Å². The van der Waals surface area contributed by atoms with Gasteiger partial charge in [-0.2, -0.15) is 0 Å². The topological polar surface area (TPSA) is 65.5 Å². The number of hydrogen-bond acceptors (Lipinski definition) is 2. The van der Waals surface area contributed by atoms with Crippen LogP contribution < -0.4 is 16.0 Å². The Hall–Kier alpha value is -1.26. The predicted octanol–water partition coefficient (Wildman–Crippen LogP) is 1.25. The first kappa shape index (κ1) is 15.8. The lowest BCUT2D eigenvalue weighted by atomic mass is 10.1. The lowest BCUT2D eigenvalue weighted by Gasteiger charge is -2.20. The molecule has 0 spiro atoms. The molecule has 1 saturated carbocycles. The molecule has 1 aliphatic rings. The van der Waals surface area contributed by atoms with Crippen molar-refractivity contribution in [3.8, 4) is 0 Å². The van der Waals surface area contributed by atoms with E-state index in [1.54, 1.807) is 7.05 Å². The summed E-state index contributed by atoms with van der Waals surface area (Å²) in [4.78, 5) is 15.7. The van der Waals surface area contributed by atoms with Gasteiger partial charge in [0.2, 0.25) is 5.91 Å². The Kier molecular flexibility index (Phi) is 6.67. The van der Waals surface area contributed by atoms with E-state index in [4.69, 9.17) is 0 Å². The van der Waals surface area contributed by atoms with Crippen molar-refractivity contribution < 1.29 is 4.79 Å². The number of nitrogens with one attached hydrogen (secondary N) is 3. The fourth-order valence-electron chi connectivity index (χ4n) is 1.56. The van der Waals surface area contributed by atoms with Crippen LogP contribution in [0.15, 0.2) is 4.99 Å². The van der Waals surface area contributed by atoms with E-state index >= 15 is 0 Å². The fraction of sp³-hybridized carbons (Fsp3) is 0.857. The number of guanidine groups is 1. The molecule has 1 rings (SSSR count). The molecule has 1 fully saturated rings. The Morgan fingerprint density at radius 3 is 2.53 bits per heavy atom. The lowest BCUT2D eigenvalue weighted by molar-refractivity contribution is -0.121. The highest BCUT2D eigenvalue weighted by molar-refractivity contribution is 5.80. The molecule has 1 atom stereocenters. The van der Waals surface area contributed by atoms with Gasteiger partial charge < -0.3 is 16.0 Å². The average Bonchev–Trinajstić information content (AvgIpc) is 3.16. The molecule has 0 aromatic rings. The van der Waals surface area contributed by atoms with Crippen LogP contribution in [0.1, 0.15) is 46.5 Å². The number of amides is 1. The molecule has 0 bridgehead atoms. The van der Waals surface area contributed by atoms with Gasteiger partial charge in [0.1, 0.15) is 0 Å². The van der Waals surface area contributed by atoms with Crippen molar-refractivity contribution in [1.82, 2.24) is 16.0 Å². The number of nitrogens with zero attached hydrogens (tertiary/aromatic N) is 1. The first-order valence-electron chi connectivity index (χ1n) is 7.29. The molecule has 0 aromatic carbocycles.